The summed E-state index contributed by atoms with van der Waals surface area (Å²) in [5, 5.41) is 13.3. The maximum atomic E-state index is 9.99. The van der Waals surface area contributed by atoms with Gasteiger partial charge in [-0.05, 0) is 50.7 Å². The molecule has 27 heavy (non-hydrogen) atoms. The molecule has 6 nitrogen and oxygen atoms in total. The first-order valence-electron chi connectivity index (χ1n) is 10.3. The van der Waals surface area contributed by atoms with E-state index in [-0.39, 0.29) is 5.75 Å². The van der Waals surface area contributed by atoms with E-state index < -0.39 is 0 Å². The molecule has 6 heteroatoms. The van der Waals surface area contributed by atoms with Crippen LogP contribution in [0, 0.1) is 6.92 Å². The van der Waals surface area contributed by atoms with Gasteiger partial charge in [-0.25, -0.2) is 0 Å². The van der Waals surface area contributed by atoms with Crippen molar-refractivity contribution in [1.29, 1.82) is 0 Å². The van der Waals surface area contributed by atoms with E-state index in [2.05, 4.69) is 10.2 Å². The smallest absolute Gasteiger partial charge is 0.232 e. The zero-order chi connectivity index (χ0) is 18.6. The Hall–Kier alpha value is -2.37. The number of anilines is 3. The molecule has 2 heterocycles. The summed E-state index contributed by atoms with van der Waals surface area (Å²) in [5.74, 6) is 3.00. The average Bonchev–Trinajstić information content (AvgIpc) is 2.72. The van der Waals surface area contributed by atoms with Crippen LogP contribution < -0.4 is 10.2 Å². The SMILES string of the molecule is Cc1ccc(Nc2nc(C3CCCCC3)nc(N3CCCCC3)n2)cc1O. The molecule has 0 unspecified atom stereocenters. The van der Waals surface area contributed by atoms with E-state index in [4.69, 9.17) is 15.0 Å². The number of nitrogens with zero attached hydrogens (tertiary/aromatic N) is 4. The quantitative estimate of drug-likeness (QED) is 0.818. The lowest BCUT2D eigenvalue weighted by molar-refractivity contribution is 0.427. The van der Waals surface area contributed by atoms with Crippen LogP contribution in [0.15, 0.2) is 18.2 Å². The van der Waals surface area contributed by atoms with Gasteiger partial charge < -0.3 is 15.3 Å². The molecule has 2 aliphatic rings. The van der Waals surface area contributed by atoms with E-state index in [1.807, 2.05) is 19.1 Å². The van der Waals surface area contributed by atoms with Crippen LogP contribution in [0.3, 0.4) is 0 Å². The summed E-state index contributed by atoms with van der Waals surface area (Å²) in [6, 6.07) is 5.56. The standard InChI is InChI=1S/C21H29N5O/c1-15-10-11-17(14-18(15)27)22-20-23-19(16-8-4-2-5-9-16)24-21(25-20)26-12-6-3-7-13-26/h10-11,14,16,27H,2-9,12-13H2,1H3,(H,22,23,24,25). The number of piperidine rings is 1. The molecule has 0 spiro atoms. The Morgan fingerprint density at radius 3 is 2.44 bits per heavy atom. The second-order valence-corrected chi connectivity index (χ2v) is 7.83. The largest absolute Gasteiger partial charge is 0.508 e. The van der Waals surface area contributed by atoms with Crippen molar-refractivity contribution in [3.8, 4) is 5.75 Å². The van der Waals surface area contributed by atoms with Gasteiger partial charge in [0, 0.05) is 30.8 Å². The van der Waals surface area contributed by atoms with Gasteiger partial charge >= 0.3 is 0 Å². The van der Waals surface area contributed by atoms with Gasteiger partial charge in [0.25, 0.3) is 0 Å². The van der Waals surface area contributed by atoms with Crippen LogP contribution in [0.1, 0.15) is 68.7 Å². The molecule has 1 saturated heterocycles. The van der Waals surface area contributed by atoms with Crippen molar-refractivity contribution in [2.45, 2.75) is 64.2 Å². The molecule has 1 aliphatic carbocycles. The molecule has 1 aliphatic heterocycles. The summed E-state index contributed by atoms with van der Waals surface area (Å²) in [4.78, 5) is 16.6. The van der Waals surface area contributed by atoms with Gasteiger partial charge in [0.15, 0.2) is 0 Å². The zero-order valence-electron chi connectivity index (χ0n) is 16.1. The third-order valence-corrected chi connectivity index (χ3v) is 5.72. The topological polar surface area (TPSA) is 74.2 Å². The Morgan fingerprint density at radius 2 is 1.70 bits per heavy atom. The molecule has 2 fully saturated rings. The molecule has 0 atom stereocenters. The van der Waals surface area contributed by atoms with Gasteiger partial charge in [0.1, 0.15) is 11.6 Å². The van der Waals surface area contributed by atoms with E-state index >= 15 is 0 Å². The van der Waals surface area contributed by atoms with Crippen LogP contribution in [0.5, 0.6) is 5.75 Å². The van der Waals surface area contributed by atoms with Gasteiger partial charge in [-0.2, -0.15) is 15.0 Å². The third-order valence-electron chi connectivity index (χ3n) is 5.72. The number of aromatic nitrogens is 3. The van der Waals surface area contributed by atoms with Crippen molar-refractivity contribution in [2.24, 2.45) is 0 Å². The Bertz CT molecular complexity index is 746. The normalized spacial score (nSPS) is 18.5. The molecule has 1 saturated carbocycles. The summed E-state index contributed by atoms with van der Waals surface area (Å²) in [6.45, 7) is 3.91. The Kier molecular flexibility index (Phi) is 5.41. The number of rotatable bonds is 4. The van der Waals surface area contributed by atoms with Crippen molar-refractivity contribution < 1.29 is 5.11 Å². The average molecular weight is 367 g/mol. The number of phenols is 1. The van der Waals surface area contributed by atoms with Crippen LogP contribution in [-0.2, 0) is 0 Å². The van der Waals surface area contributed by atoms with E-state index in [9.17, 15) is 5.11 Å². The highest BCUT2D eigenvalue weighted by Gasteiger charge is 2.22. The van der Waals surface area contributed by atoms with E-state index in [1.165, 1.54) is 38.5 Å². The molecule has 144 valence electrons. The Labute approximate surface area is 161 Å². The van der Waals surface area contributed by atoms with Crippen molar-refractivity contribution in [2.75, 3.05) is 23.3 Å². The van der Waals surface area contributed by atoms with Gasteiger partial charge in [-0.1, -0.05) is 25.3 Å². The molecule has 0 amide bonds. The van der Waals surface area contributed by atoms with E-state index in [1.54, 1.807) is 6.07 Å². The number of hydrogen-bond donors (Lipinski definition) is 2. The molecule has 1 aromatic heterocycles. The predicted molar refractivity (Wildman–Crippen MR) is 108 cm³/mol. The van der Waals surface area contributed by atoms with E-state index in [0.717, 1.165) is 49.0 Å². The minimum absolute atomic E-state index is 0.276. The first kappa shape index (κ1) is 18.0. The summed E-state index contributed by atoms with van der Waals surface area (Å²) in [6.07, 6.45) is 9.81. The number of hydrogen-bond acceptors (Lipinski definition) is 6. The maximum absolute atomic E-state index is 9.99. The van der Waals surface area contributed by atoms with Crippen LogP contribution >= 0.6 is 0 Å². The van der Waals surface area contributed by atoms with Crippen molar-refractivity contribution >= 4 is 17.6 Å². The predicted octanol–water partition coefficient (Wildman–Crippen LogP) is 4.67. The minimum atomic E-state index is 0.276. The molecular formula is C21H29N5O. The molecular weight excluding hydrogens is 338 g/mol. The van der Waals surface area contributed by atoms with Gasteiger partial charge in [-0.15, -0.1) is 0 Å². The first-order chi connectivity index (χ1) is 13.2. The summed E-state index contributed by atoms with van der Waals surface area (Å²) in [7, 11) is 0. The molecule has 2 aromatic rings. The lowest BCUT2D eigenvalue weighted by atomic mass is 9.89. The van der Waals surface area contributed by atoms with Crippen molar-refractivity contribution in [3.05, 3.63) is 29.6 Å². The third kappa shape index (κ3) is 4.31. The van der Waals surface area contributed by atoms with Gasteiger partial charge in [0.2, 0.25) is 11.9 Å². The molecule has 2 N–H and O–H groups in total. The van der Waals surface area contributed by atoms with Crippen molar-refractivity contribution in [1.82, 2.24) is 15.0 Å². The van der Waals surface area contributed by atoms with Crippen LogP contribution in [-0.4, -0.2) is 33.1 Å². The van der Waals surface area contributed by atoms with Gasteiger partial charge in [0.05, 0.1) is 0 Å². The number of aromatic hydroxyl groups is 1. The highest BCUT2D eigenvalue weighted by molar-refractivity contribution is 5.58. The van der Waals surface area contributed by atoms with Crippen molar-refractivity contribution in [3.63, 3.8) is 0 Å². The number of aryl methyl sites for hydroxylation is 1. The summed E-state index contributed by atoms with van der Waals surface area (Å²) >= 11 is 0. The lowest BCUT2D eigenvalue weighted by Gasteiger charge is -2.28. The summed E-state index contributed by atoms with van der Waals surface area (Å²) < 4.78 is 0. The van der Waals surface area contributed by atoms with E-state index in [0.29, 0.717) is 11.9 Å². The number of benzene rings is 1. The fourth-order valence-corrected chi connectivity index (χ4v) is 4.03. The Balaban J connectivity index is 1.64. The number of phenolic OH excluding ortho intramolecular Hbond substituents is 1. The Morgan fingerprint density at radius 1 is 0.963 bits per heavy atom. The monoisotopic (exact) mass is 367 g/mol. The number of nitrogens with one attached hydrogen (secondary N) is 1. The fourth-order valence-electron chi connectivity index (χ4n) is 4.03. The summed E-state index contributed by atoms with van der Waals surface area (Å²) in [5.41, 5.74) is 1.65. The lowest BCUT2D eigenvalue weighted by Crippen LogP contribution is -2.31. The minimum Gasteiger partial charge on any atom is -0.508 e. The molecule has 0 radical (unpaired) electrons. The molecule has 4 rings (SSSR count). The van der Waals surface area contributed by atoms with Crippen LogP contribution in [0.2, 0.25) is 0 Å². The first-order valence-corrected chi connectivity index (χ1v) is 10.3. The van der Waals surface area contributed by atoms with Crippen LogP contribution in [0.25, 0.3) is 0 Å². The highest BCUT2D eigenvalue weighted by Crippen LogP contribution is 2.32. The molecule has 1 aromatic carbocycles. The zero-order valence-corrected chi connectivity index (χ0v) is 16.1. The second kappa shape index (κ2) is 8.11. The maximum Gasteiger partial charge on any atom is 0.232 e. The van der Waals surface area contributed by atoms with Crippen LogP contribution in [0.4, 0.5) is 17.6 Å². The van der Waals surface area contributed by atoms with Gasteiger partial charge in [-0.3, -0.25) is 0 Å². The highest BCUT2D eigenvalue weighted by atomic mass is 16.3. The molecule has 0 bridgehead atoms. The second-order valence-electron chi connectivity index (χ2n) is 7.83. The fraction of sp³-hybridized carbons (Fsp3) is 0.571.